The molecule has 84 valence electrons. The second-order valence-electron chi connectivity index (χ2n) is 3.07. The highest BCUT2D eigenvalue weighted by Crippen LogP contribution is 2.06. The fourth-order valence-electron chi connectivity index (χ4n) is 1.24. The average Bonchev–Trinajstić information content (AvgIpc) is 2.64. The summed E-state index contributed by atoms with van der Waals surface area (Å²) in [5, 5.41) is 7.48. The van der Waals surface area contributed by atoms with Gasteiger partial charge in [-0.2, -0.15) is 5.10 Å². The number of rotatable bonds is 5. The molecule has 1 rings (SSSR count). The van der Waals surface area contributed by atoms with E-state index >= 15 is 0 Å². The highest BCUT2D eigenvalue weighted by Gasteiger charge is 2.16. The Labute approximate surface area is 93.4 Å². The van der Waals surface area contributed by atoms with Gasteiger partial charge in [-0.3, -0.25) is 9.48 Å². The predicted octanol–water partition coefficient (Wildman–Crippen LogP) is 0.688. The number of hydrogen-bond acceptors (Lipinski definition) is 4. The molecule has 0 bridgehead atoms. The lowest BCUT2D eigenvalue weighted by Gasteiger charge is -2.12. The minimum Gasteiger partial charge on any atom is -0.468 e. The molecule has 15 heavy (non-hydrogen) atoms. The SMILES string of the molecule is CNC(CCn1cc(Cl)cn1)C(=O)OC. The van der Waals surface area contributed by atoms with Gasteiger partial charge in [-0.1, -0.05) is 11.6 Å². The highest BCUT2D eigenvalue weighted by atomic mass is 35.5. The van der Waals surface area contributed by atoms with Gasteiger partial charge in [0, 0.05) is 12.7 Å². The van der Waals surface area contributed by atoms with Gasteiger partial charge >= 0.3 is 5.97 Å². The zero-order valence-electron chi connectivity index (χ0n) is 8.74. The molecule has 0 fully saturated rings. The number of carbonyl (C=O) groups is 1. The predicted molar refractivity (Wildman–Crippen MR) is 56.7 cm³/mol. The van der Waals surface area contributed by atoms with Gasteiger partial charge in [-0.05, 0) is 13.5 Å². The average molecular weight is 232 g/mol. The van der Waals surface area contributed by atoms with E-state index in [1.54, 1.807) is 24.1 Å². The highest BCUT2D eigenvalue weighted by molar-refractivity contribution is 6.30. The van der Waals surface area contributed by atoms with Crippen LogP contribution in [0.4, 0.5) is 0 Å². The summed E-state index contributed by atoms with van der Waals surface area (Å²) in [4.78, 5) is 11.2. The number of nitrogens with zero attached hydrogens (tertiary/aromatic N) is 2. The third-order valence-corrected chi connectivity index (χ3v) is 2.28. The number of likely N-dealkylation sites (N-methyl/N-ethyl adjacent to an activating group) is 1. The van der Waals surface area contributed by atoms with Crippen molar-refractivity contribution in [1.29, 1.82) is 0 Å². The summed E-state index contributed by atoms with van der Waals surface area (Å²) < 4.78 is 6.33. The molecular formula is C9H14ClN3O2. The fraction of sp³-hybridized carbons (Fsp3) is 0.556. The maximum absolute atomic E-state index is 11.2. The Morgan fingerprint density at radius 2 is 2.53 bits per heavy atom. The van der Waals surface area contributed by atoms with Gasteiger partial charge in [0.15, 0.2) is 0 Å². The van der Waals surface area contributed by atoms with Crippen LogP contribution in [0.15, 0.2) is 12.4 Å². The Morgan fingerprint density at radius 3 is 3.00 bits per heavy atom. The second kappa shape index (κ2) is 5.72. The number of halogens is 1. The van der Waals surface area contributed by atoms with E-state index in [1.807, 2.05) is 0 Å². The number of carbonyl (C=O) groups excluding carboxylic acids is 1. The minimum absolute atomic E-state index is 0.268. The third-order valence-electron chi connectivity index (χ3n) is 2.08. The van der Waals surface area contributed by atoms with Crippen molar-refractivity contribution in [2.45, 2.75) is 19.0 Å². The Hall–Kier alpha value is -1.07. The van der Waals surface area contributed by atoms with Crippen molar-refractivity contribution in [3.63, 3.8) is 0 Å². The summed E-state index contributed by atoms with van der Waals surface area (Å²) in [6.07, 6.45) is 3.89. The minimum atomic E-state index is -0.307. The zero-order valence-corrected chi connectivity index (χ0v) is 9.49. The van der Waals surface area contributed by atoms with E-state index in [2.05, 4.69) is 15.2 Å². The second-order valence-corrected chi connectivity index (χ2v) is 3.51. The summed E-state index contributed by atoms with van der Waals surface area (Å²) >= 11 is 5.71. The summed E-state index contributed by atoms with van der Waals surface area (Å²) in [6.45, 7) is 0.618. The number of aryl methyl sites for hydroxylation is 1. The van der Waals surface area contributed by atoms with Gasteiger partial charge in [0.1, 0.15) is 6.04 Å². The maximum Gasteiger partial charge on any atom is 0.322 e. The van der Waals surface area contributed by atoms with E-state index in [9.17, 15) is 4.79 Å². The number of nitrogens with one attached hydrogen (secondary N) is 1. The Morgan fingerprint density at radius 1 is 1.80 bits per heavy atom. The van der Waals surface area contributed by atoms with Crippen molar-refractivity contribution in [2.75, 3.05) is 14.2 Å². The molecule has 0 aliphatic carbocycles. The van der Waals surface area contributed by atoms with E-state index in [0.29, 0.717) is 18.0 Å². The van der Waals surface area contributed by atoms with E-state index in [0.717, 1.165) is 0 Å². The molecule has 6 heteroatoms. The van der Waals surface area contributed by atoms with Crippen LogP contribution in [0, 0.1) is 0 Å². The number of hydrogen-bond donors (Lipinski definition) is 1. The van der Waals surface area contributed by atoms with Gasteiger partial charge in [0.25, 0.3) is 0 Å². The van der Waals surface area contributed by atoms with Crippen LogP contribution < -0.4 is 5.32 Å². The van der Waals surface area contributed by atoms with Crippen molar-refractivity contribution < 1.29 is 9.53 Å². The molecule has 1 unspecified atom stereocenters. The van der Waals surface area contributed by atoms with Gasteiger partial charge in [-0.15, -0.1) is 0 Å². The van der Waals surface area contributed by atoms with Gasteiger partial charge in [0.2, 0.25) is 0 Å². The lowest BCUT2D eigenvalue weighted by Crippen LogP contribution is -2.35. The van der Waals surface area contributed by atoms with Crippen LogP contribution in [0.1, 0.15) is 6.42 Å². The lowest BCUT2D eigenvalue weighted by atomic mass is 10.2. The molecule has 1 heterocycles. The number of ether oxygens (including phenoxy) is 1. The van der Waals surface area contributed by atoms with Gasteiger partial charge in [-0.25, -0.2) is 0 Å². The normalized spacial score (nSPS) is 12.5. The molecule has 1 aromatic heterocycles. The van der Waals surface area contributed by atoms with E-state index in [4.69, 9.17) is 11.6 Å². The summed E-state index contributed by atoms with van der Waals surface area (Å²) in [5.41, 5.74) is 0. The molecule has 0 spiro atoms. The molecule has 0 saturated carbocycles. The summed E-state index contributed by atoms with van der Waals surface area (Å²) in [7, 11) is 3.09. The third kappa shape index (κ3) is 3.53. The monoisotopic (exact) mass is 231 g/mol. The van der Waals surface area contributed by atoms with Crippen molar-refractivity contribution in [3.8, 4) is 0 Å². The van der Waals surface area contributed by atoms with Gasteiger partial charge in [0.05, 0.1) is 18.3 Å². The quantitative estimate of drug-likeness (QED) is 0.758. The first kappa shape index (κ1) is 12.0. The molecule has 0 amide bonds. The van der Waals surface area contributed by atoms with Crippen LogP contribution in [-0.2, 0) is 16.1 Å². The Balaban J connectivity index is 2.44. The molecule has 0 radical (unpaired) electrons. The molecular weight excluding hydrogens is 218 g/mol. The zero-order chi connectivity index (χ0) is 11.3. The number of aromatic nitrogens is 2. The fourth-order valence-corrected chi connectivity index (χ4v) is 1.40. The van der Waals surface area contributed by atoms with Gasteiger partial charge < -0.3 is 10.1 Å². The van der Waals surface area contributed by atoms with Crippen LogP contribution in [0.3, 0.4) is 0 Å². The maximum atomic E-state index is 11.2. The molecule has 0 aromatic carbocycles. The van der Waals surface area contributed by atoms with E-state index in [-0.39, 0.29) is 12.0 Å². The smallest absolute Gasteiger partial charge is 0.322 e. The summed E-state index contributed by atoms with van der Waals surface area (Å²) in [6, 6.07) is -0.307. The van der Waals surface area contributed by atoms with Crippen molar-refractivity contribution in [1.82, 2.24) is 15.1 Å². The molecule has 0 aliphatic heterocycles. The van der Waals surface area contributed by atoms with Crippen LogP contribution in [0.25, 0.3) is 0 Å². The first-order valence-electron chi connectivity index (χ1n) is 4.60. The van der Waals surface area contributed by atoms with Crippen molar-refractivity contribution in [2.24, 2.45) is 0 Å². The van der Waals surface area contributed by atoms with Crippen molar-refractivity contribution >= 4 is 17.6 Å². The summed E-state index contributed by atoms with van der Waals surface area (Å²) in [5.74, 6) is -0.268. The molecule has 0 saturated heterocycles. The lowest BCUT2D eigenvalue weighted by molar-refractivity contribution is -0.143. The first-order chi connectivity index (χ1) is 7.17. The molecule has 1 atom stereocenters. The van der Waals surface area contributed by atoms with Crippen molar-refractivity contribution in [3.05, 3.63) is 17.4 Å². The first-order valence-corrected chi connectivity index (χ1v) is 4.98. The van der Waals surface area contributed by atoms with Crippen LogP contribution >= 0.6 is 11.6 Å². The number of methoxy groups -OCH3 is 1. The Bertz CT molecular complexity index is 327. The molecule has 5 nitrogen and oxygen atoms in total. The van der Waals surface area contributed by atoms with E-state index < -0.39 is 0 Å². The van der Waals surface area contributed by atoms with E-state index in [1.165, 1.54) is 7.11 Å². The molecule has 1 N–H and O–H groups in total. The van der Waals surface area contributed by atoms with Crippen LogP contribution in [-0.4, -0.2) is 35.9 Å². The number of esters is 1. The molecule has 1 aromatic rings. The standard InChI is InChI=1S/C9H14ClN3O2/c1-11-8(9(14)15-2)3-4-13-6-7(10)5-12-13/h5-6,8,11H,3-4H2,1-2H3. The van der Waals surface area contributed by atoms with Crippen LogP contribution in [0.2, 0.25) is 5.02 Å². The largest absolute Gasteiger partial charge is 0.468 e. The molecule has 0 aliphatic rings. The Kier molecular flexibility index (Phi) is 4.58. The van der Waals surface area contributed by atoms with Crippen LogP contribution in [0.5, 0.6) is 0 Å². The topological polar surface area (TPSA) is 56.2 Å².